The number of hydrogen-bond acceptors (Lipinski definition) is 5. The average Bonchev–Trinajstić information content (AvgIpc) is 2.95. The van der Waals surface area contributed by atoms with Crippen LogP contribution in [0.2, 0.25) is 15.1 Å². The zero-order valence-corrected chi connectivity index (χ0v) is 15.0. The third-order valence-electron chi connectivity index (χ3n) is 3.40. The number of hydrogen-bond donors (Lipinski definition) is 1. The highest BCUT2D eigenvalue weighted by molar-refractivity contribution is 7.87. The molecule has 0 saturated carbocycles. The molecule has 0 spiro atoms. The first-order valence-corrected chi connectivity index (χ1v) is 9.34. The molecule has 0 amide bonds. The van der Waals surface area contributed by atoms with Crippen molar-refractivity contribution >= 4 is 50.9 Å². The maximum atomic E-state index is 12.4. The van der Waals surface area contributed by atoms with Crippen molar-refractivity contribution < 1.29 is 17.4 Å². The number of rotatable bonds is 5. The quantitative estimate of drug-likeness (QED) is 0.607. The molecule has 1 aromatic carbocycles. The molecule has 1 N–H and O–H groups in total. The Bertz CT molecular complexity index is 707. The first-order valence-electron chi connectivity index (χ1n) is 6.74. The summed E-state index contributed by atoms with van der Waals surface area (Å²) in [6.45, 7) is 4.12. The van der Waals surface area contributed by atoms with E-state index in [0.717, 1.165) is 12.5 Å². The van der Waals surface area contributed by atoms with Crippen molar-refractivity contribution in [2.45, 2.75) is 24.1 Å². The molecule has 0 radical (unpaired) electrons. The van der Waals surface area contributed by atoms with E-state index in [1.165, 1.54) is 12.1 Å². The predicted molar refractivity (Wildman–Crippen MR) is 90.4 cm³/mol. The second kappa shape index (κ2) is 7.40. The van der Waals surface area contributed by atoms with E-state index in [1.54, 1.807) is 0 Å². The smallest absolute Gasteiger partial charge is 0.339 e. The van der Waals surface area contributed by atoms with E-state index in [4.69, 9.17) is 39.0 Å². The molecule has 126 valence electrons. The summed E-state index contributed by atoms with van der Waals surface area (Å²) in [5.74, 6) is -0.851. The van der Waals surface area contributed by atoms with Gasteiger partial charge in [0.2, 0.25) is 0 Å². The van der Waals surface area contributed by atoms with E-state index < -0.39 is 27.4 Å². The largest absolute Gasteiger partial charge is 0.343 e. The standard InChI is InChI=1S/C14H14Cl3NO4S/c1-2-12(13-9(16)6-8(15)7-10(13)17)23(20,21)22-14(19)11-4-3-5-18-11/h2,6-7,11-12,18H,1,3-5H2/t11-,12?/m0/s1. The first-order chi connectivity index (χ1) is 10.8. The van der Waals surface area contributed by atoms with Gasteiger partial charge in [-0.15, -0.1) is 6.58 Å². The average molecular weight is 399 g/mol. The van der Waals surface area contributed by atoms with Crippen molar-refractivity contribution in [3.8, 4) is 0 Å². The van der Waals surface area contributed by atoms with Gasteiger partial charge < -0.3 is 9.50 Å². The molecule has 1 aliphatic heterocycles. The minimum absolute atomic E-state index is 0.0472. The van der Waals surface area contributed by atoms with Gasteiger partial charge in [0.05, 0.1) is 0 Å². The second-order valence-corrected chi connectivity index (χ2v) is 7.89. The molecular weight excluding hydrogens is 385 g/mol. The molecule has 2 rings (SSSR count). The third-order valence-corrected chi connectivity index (χ3v) is 5.69. The van der Waals surface area contributed by atoms with Gasteiger partial charge in [-0.2, -0.15) is 8.42 Å². The maximum absolute atomic E-state index is 12.4. The summed E-state index contributed by atoms with van der Waals surface area (Å²) in [5, 5.41) is 1.84. The van der Waals surface area contributed by atoms with Crippen LogP contribution in [0.15, 0.2) is 24.8 Å². The summed E-state index contributed by atoms with van der Waals surface area (Å²) >= 11 is 17.9. The highest BCUT2D eigenvalue weighted by Gasteiger charge is 2.35. The minimum atomic E-state index is -4.34. The normalized spacial score (nSPS) is 19.3. The van der Waals surface area contributed by atoms with Crippen LogP contribution in [0.3, 0.4) is 0 Å². The van der Waals surface area contributed by atoms with Crippen LogP contribution in [-0.4, -0.2) is 27.0 Å². The van der Waals surface area contributed by atoms with Gasteiger partial charge in [-0.1, -0.05) is 40.9 Å². The predicted octanol–water partition coefficient (Wildman–Crippen LogP) is 3.50. The van der Waals surface area contributed by atoms with Crippen LogP contribution in [-0.2, 0) is 19.1 Å². The van der Waals surface area contributed by atoms with Crippen LogP contribution in [0.4, 0.5) is 0 Å². The summed E-state index contributed by atoms with van der Waals surface area (Å²) in [6, 6.07) is 2.08. The summed E-state index contributed by atoms with van der Waals surface area (Å²) in [5.41, 5.74) is 0.0694. The van der Waals surface area contributed by atoms with Crippen LogP contribution in [0.25, 0.3) is 0 Å². The van der Waals surface area contributed by atoms with E-state index in [0.29, 0.717) is 13.0 Å². The number of nitrogens with one attached hydrogen (secondary N) is 1. The highest BCUT2D eigenvalue weighted by atomic mass is 35.5. The molecule has 9 heteroatoms. The molecule has 1 fully saturated rings. The van der Waals surface area contributed by atoms with Gasteiger partial charge in [0.25, 0.3) is 0 Å². The highest BCUT2D eigenvalue weighted by Crippen LogP contribution is 2.38. The molecule has 1 saturated heterocycles. The van der Waals surface area contributed by atoms with Crippen molar-refractivity contribution in [2.75, 3.05) is 6.54 Å². The van der Waals surface area contributed by atoms with Crippen LogP contribution in [0.5, 0.6) is 0 Å². The van der Waals surface area contributed by atoms with E-state index in [1.807, 2.05) is 0 Å². The third kappa shape index (κ3) is 4.19. The number of halogens is 3. The zero-order chi connectivity index (χ0) is 17.2. The van der Waals surface area contributed by atoms with Crippen LogP contribution < -0.4 is 5.32 Å². The number of benzene rings is 1. The minimum Gasteiger partial charge on any atom is -0.343 e. The Morgan fingerprint density at radius 2 is 1.96 bits per heavy atom. The van der Waals surface area contributed by atoms with Gasteiger partial charge >= 0.3 is 16.1 Å². The van der Waals surface area contributed by atoms with Crippen molar-refractivity contribution in [2.24, 2.45) is 0 Å². The van der Waals surface area contributed by atoms with Gasteiger partial charge in [0.1, 0.15) is 11.3 Å². The van der Waals surface area contributed by atoms with Crippen LogP contribution >= 0.6 is 34.8 Å². The molecule has 0 bridgehead atoms. The maximum Gasteiger partial charge on any atom is 0.339 e. The van der Waals surface area contributed by atoms with E-state index >= 15 is 0 Å². The molecule has 5 nitrogen and oxygen atoms in total. The lowest BCUT2D eigenvalue weighted by Gasteiger charge is -2.18. The Morgan fingerprint density at radius 1 is 1.35 bits per heavy atom. The lowest BCUT2D eigenvalue weighted by Crippen LogP contribution is -2.34. The van der Waals surface area contributed by atoms with Crippen molar-refractivity contribution in [3.63, 3.8) is 0 Å². The molecule has 2 atom stereocenters. The van der Waals surface area contributed by atoms with Crippen molar-refractivity contribution in [3.05, 3.63) is 45.4 Å². The molecule has 0 aliphatic carbocycles. The Hall–Kier alpha value is -0.790. The second-order valence-electron chi connectivity index (χ2n) is 4.98. The summed E-state index contributed by atoms with van der Waals surface area (Å²) < 4.78 is 29.6. The van der Waals surface area contributed by atoms with Crippen molar-refractivity contribution in [1.82, 2.24) is 5.32 Å². The van der Waals surface area contributed by atoms with Gasteiger partial charge in [0.15, 0.2) is 0 Å². The fourth-order valence-electron chi connectivity index (χ4n) is 2.32. The summed E-state index contributed by atoms with van der Waals surface area (Å²) in [4.78, 5) is 12.0. The van der Waals surface area contributed by atoms with E-state index in [2.05, 4.69) is 11.9 Å². The van der Waals surface area contributed by atoms with Gasteiger partial charge in [0, 0.05) is 20.6 Å². The molecule has 1 aliphatic rings. The molecule has 0 aromatic heterocycles. The monoisotopic (exact) mass is 397 g/mol. The summed E-state index contributed by atoms with van der Waals surface area (Å²) in [6.07, 6.45) is 2.40. The van der Waals surface area contributed by atoms with E-state index in [9.17, 15) is 13.2 Å². The fraction of sp³-hybridized carbons (Fsp3) is 0.357. The Labute approximate surface area is 149 Å². The molecule has 1 heterocycles. The Balaban J connectivity index is 2.32. The van der Waals surface area contributed by atoms with Crippen LogP contribution in [0.1, 0.15) is 23.7 Å². The number of carbonyl (C=O) groups is 1. The lowest BCUT2D eigenvalue weighted by atomic mass is 10.1. The van der Waals surface area contributed by atoms with Gasteiger partial charge in [-0.05, 0) is 31.5 Å². The molecule has 1 aromatic rings. The topological polar surface area (TPSA) is 72.5 Å². The Kier molecular flexibility index (Phi) is 5.97. The number of carbonyl (C=O) groups excluding carboxylic acids is 1. The van der Waals surface area contributed by atoms with Gasteiger partial charge in [-0.3, -0.25) is 0 Å². The zero-order valence-electron chi connectivity index (χ0n) is 11.9. The summed E-state index contributed by atoms with van der Waals surface area (Å²) in [7, 11) is -4.34. The van der Waals surface area contributed by atoms with Crippen molar-refractivity contribution in [1.29, 1.82) is 0 Å². The fourth-order valence-corrected chi connectivity index (χ4v) is 4.72. The van der Waals surface area contributed by atoms with Gasteiger partial charge in [-0.25, -0.2) is 4.79 Å². The molecule has 1 unspecified atom stereocenters. The SMILES string of the molecule is C=CC(c1c(Cl)cc(Cl)cc1Cl)S(=O)(=O)OC(=O)[C@@H]1CCCN1. The Morgan fingerprint density at radius 3 is 2.43 bits per heavy atom. The van der Waals surface area contributed by atoms with Crippen LogP contribution in [0, 0.1) is 0 Å². The first kappa shape index (κ1) is 18.5. The lowest BCUT2D eigenvalue weighted by molar-refractivity contribution is -0.135. The molecular formula is C14H14Cl3NO4S. The molecule has 23 heavy (non-hydrogen) atoms. The van der Waals surface area contributed by atoms with E-state index in [-0.39, 0.29) is 20.6 Å².